The van der Waals surface area contributed by atoms with Crippen molar-refractivity contribution in [3.05, 3.63) is 199 Å². The molecule has 0 bridgehead atoms. The second-order valence-electron chi connectivity index (χ2n) is 15.6. The van der Waals surface area contributed by atoms with Crippen LogP contribution in [0.4, 0.5) is 0 Å². The van der Waals surface area contributed by atoms with Crippen molar-refractivity contribution in [1.82, 2.24) is 14.1 Å². The second kappa shape index (κ2) is 12.5. The Morgan fingerprint density at radius 2 is 0.897 bits per heavy atom. The third-order valence-corrected chi connectivity index (χ3v) is 12.4. The van der Waals surface area contributed by atoms with E-state index in [-0.39, 0.29) is 0 Å². The molecule has 0 spiro atoms. The van der Waals surface area contributed by atoms with Gasteiger partial charge < -0.3 is 9.13 Å². The maximum absolute atomic E-state index is 4.75. The van der Waals surface area contributed by atoms with Crippen LogP contribution in [0.15, 0.2) is 188 Å². The fourth-order valence-electron chi connectivity index (χ4n) is 9.92. The van der Waals surface area contributed by atoms with Gasteiger partial charge in [-0.1, -0.05) is 127 Å². The molecule has 0 amide bonds. The minimum Gasteiger partial charge on any atom is -0.309 e. The molecular formula is C55H37N3. The number of rotatable bonds is 4. The summed E-state index contributed by atoms with van der Waals surface area (Å²) in [6, 6.07) is 64.5. The molecule has 3 nitrogen and oxygen atoms in total. The zero-order chi connectivity index (χ0) is 38.5. The fraction of sp³-hybridized carbons (Fsp3) is 0.0364. The zero-order valence-electron chi connectivity index (χ0n) is 32.2. The Bertz CT molecular complexity index is 3610. The van der Waals surface area contributed by atoms with Gasteiger partial charge in [0.1, 0.15) is 0 Å². The summed E-state index contributed by atoms with van der Waals surface area (Å²) in [6.07, 6.45) is 3.99. The van der Waals surface area contributed by atoms with Crippen molar-refractivity contribution in [2.24, 2.45) is 0 Å². The van der Waals surface area contributed by atoms with Gasteiger partial charge in [0, 0.05) is 45.3 Å². The summed E-state index contributed by atoms with van der Waals surface area (Å²) in [7, 11) is 0. The van der Waals surface area contributed by atoms with Gasteiger partial charge in [-0.25, -0.2) is 0 Å². The SMILES string of the molecule is Cc1ccc2c3ccccc3c3ccccc3c2c1-c1c(C)ccc2c1c1cnccc1n2-c1ccc2c(c1)c1ccccc1n2-c1cccc(-c2ccccc2)c1. The Morgan fingerprint density at radius 3 is 1.69 bits per heavy atom. The number of benzene rings is 9. The summed E-state index contributed by atoms with van der Waals surface area (Å²) in [6.45, 7) is 4.54. The van der Waals surface area contributed by atoms with Crippen LogP contribution < -0.4 is 0 Å². The highest BCUT2D eigenvalue weighted by Crippen LogP contribution is 2.47. The number of hydrogen-bond acceptors (Lipinski definition) is 1. The number of nitrogens with zero attached hydrogens (tertiary/aromatic N) is 3. The quantitative estimate of drug-likeness (QED) is 0.165. The van der Waals surface area contributed by atoms with Gasteiger partial charge in [-0.3, -0.25) is 4.98 Å². The van der Waals surface area contributed by atoms with Crippen LogP contribution >= 0.6 is 0 Å². The molecule has 272 valence electrons. The van der Waals surface area contributed by atoms with Gasteiger partial charge in [0.15, 0.2) is 0 Å². The highest BCUT2D eigenvalue weighted by atomic mass is 15.0. The molecule has 58 heavy (non-hydrogen) atoms. The summed E-state index contributed by atoms with van der Waals surface area (Å²) in [5, 5.41) is 12.6. The monoisotopic (exact) mass is 739 g/mol. The average molecular weight is 740 g/mol. The van der Waals surface area contributed by atoms with Crippen LogP contribution in [0.25, 0.3) is 110 Å². The van der Waals surface area contributed by atoms with Crippen LogP contribution in [0, 0.1) is 13.8 Å². The standard InChI is InChI=1S/C55H37N3/c1-34-23-26-45-42-19-7-6-17-40(42)41-18-8-9-21-44(41)54(45)52(34)53-35(2)24-27-51-55(53)47-33-56-30-29-50(47)58(51)39-25-28-49-46(32-39)43-20-10-11-22-48(43)57(49)38-16-12-15-37(31-38)36-13-4-3-5-14-36/h3-33H,1-2H3. The minimum atomic E-state index is 1.13. The molecule has 12 aromatic rings. The smallest absolute Gasteiger partial charge is 0.0572 e. The predicted molar refractivity (Wildman–Crippen MR) is 246 cm³/mol. The van der Waals surface area contributed by atoms with Crippen LogP contribution in [0.3, 0.4) is 0 Å². The summed E-state index contributed by atoms with van der Waals surface area (Å²) in [5.74, 6) is 0. The molecule has 3 heterocycles. The van der Waals surface area contributed by atoms with Crippen molar-refractivity contribution in [2.45, 2.75) is 13.8 Å². The molecule has 0 aliphatic carbocycles. The van der Waals surface area contributed by atoms with E-state index in [2.05, 4.69) is 205 Å². The maximum Gasteiger partial charge on any atom is 0.0572 e. The van der Waals surface area contributed by atoms with Crippen LogP contribution in [0.1, 0.15) is 11.1 Å². The van der Waals surface area contributed by atoms with Crippen LogP contribution in [0.2, 0.25) is 0 Å². The highest BCUT2D eigenvalue weighted by molar-refractivity contribution is 6.30. The molecule has 0 saturated carbocycles. The van der Waals surface area contributed by atoms with Crippen LogP contribution in [-0.4, -0.2) is 14.1 Å². The maximum atomic E-state index is 4.75. The first kappa shape index (κ1) is 32.7. The number of hydrogen-bond donors (Lipinski definition) is 0. The van der Waals surface area contributed by atoms with E-state index in [0.29, 0.717) is 0 Å². The van der Waals surface area contributed by atoms with E-state index in [9.17, 15) is 0 Å². The summed E-state index contributed by atoms with van der Waals surface area (Å²) < 4.78 is 4.86. The topological polar surface area (TPSA) is 22.8 Å². The summed E-state index contributed by atoms with van der Waals surface area (Å²) >= 11 is 0. The first-order chi connectivity index (χ1) is 28.6. The lowest BCUT2D eigenvalue weighted by Gasteiger charge is -2.19. The van der Waals surface area contributed by atoms with E-state index in [0.717, 1.165) is 22.3 Å². The molecule has 0 N–H and O–H groups in total. The van der Waals surface area contributed by atoms with Crippen molar-refractivity contribution in [3.63, 3.8) is 0 Å². The Hall–Kier alpha value is -7.49. The number of aryl methyl sites for hydroxylation is 2. The van der Waals surface area contributed by atoms with Crippen molar-refractivity contribution in [3.8, 4) is 33.6 Å². The third-order valence-electron chi connectivity index (χ3n) is 12.4. The van der Waals surface area contributed by atoms with Crippen LogP contribution in [-0.2, 0) is 0 Å². The summed E-state index contributed by atoms with van der Waals surface area (Å²) in [5.41, 5.74) is 14.4. The lowest BCUT2D eigenvalue weighted by Crippen LogP contribution is -1.97. The van der Waals surface area contributed by atoms with Gasteiger partial charge in [0.2, 0.25) is 0 Å². The van der Waals surface area contributed by atoms with Crippen LogP contribution in [0.5, 0.6) is 0 Å². The first-order valence-corrected chi connectivity index (χ1v) is 20.0. The Labute approximate surface area is 335 Å². The lowest BCUT2D eigenvalue weighted by molar-refractivity contribution is 1.16. The molecule has 9 aromatic carbocycles. The molecule has 0 atom stereocenters. The molecule has 0 saturated heterocycles. The van der Waals surface area contributed by atoms with Gasteiger partial charge in [-0.05, 0) is 128 Å². The normalized spacial score (nSPS) is 12.0. The highest BCUT2D eigenvalue weighted by Gasteiger charge is 2.23. The number of fused-ring (bicyclic) bond motifs is 12. The molecular weight excluding hydrogens is 703 g/mol. The largest absolute Gasteiger partial charge is 0.309 e. The Morgan fingerprint density at radius 1 is 0.345 bits per heavy atom. The number of aromatic nitrogens is 3. The molecule has 0 aliphatic heterocycles. The fourth-order valence-corrected chi connectivity index (χ4v) is 9.92. The molecule has 0 radical (unpaired) electrons. The Balaban J connectivity index is 1.14. The molecule has 0 fully saturated rings. The zero-order valence-corrected chi connectivity index (χ0v) is 32.2. The molecule has 0 unspecified atom stereocenters. The third kappa shape index (κ3) is 4.65. The molecule has 3 heteroatoms. The minimum absolute atomic E-state index is 1.13. The first-order valence-electron chi connectivity index (χ1n) is 20.0. The molecule has 0 aliphatic rings. The van der Waals surface area contributed by atoms with E-state index in [1.807, 2.05) is 6.20 Å². The number of para-hydroxylation sites is 1. The van der Waals surface area contributed by atoms with E-state index in [1.54, 1.807) is 0 Å². The van der Waals surface area contributed by atoms with Gasteiger partial charge in [-0.15, -0.1) is 0 Å². The van der Waals surface area contributed by atoms with Crippen molar-refractivity contribution in [2.75, 3.05) is 0 Å². The molecule has 12 rings (SSSR count). The second-order valence-corrected chi connectivity index (χ2v) is 15.6. The van der Waals surface area contributed by atoms with E-state index in [1.165, 1.54) is 98.4 Å². The van der Waals surface area contributed by atoms with Gasteiger partial charge in [-0.2, -0.15) is 0 Å². The Kier molecular flexibility index (Phi) is 7.06. The predicted octanol–water partition coefficient (Wildman–Crippen LogP) is 14.7. The van der Waals surface area contributed by atoms with Gasteiger partial charge >= 0.3 is 0 Å². The summed E-state index contributed by atoms with van der Waals surface area (Å²) in [4.78, 5) is 4.75. The van der Waals surface area contributed by atoms with E-state index >= 15 is 0 Å². The number of pyridine rings is 1. The van der Waals surface area contributed by atoms with Gasteiger partial charge in [0.25, 0.3) is 0 Å². The van der Waals surface area contributed by atoms with Crippen molar-refractivity contribution in [1.29, 1.82) is 0 Å². The van der Waals surface area contributed by atoms with Gasteiger partial charge in [0.05, 0.1) is 22.1 Å². The molecule has 3 aromatic heterocycles. The van der Waals surface area contributed by atoms with Crippen molar-refractivity contribution < 1.29 is 0 Å². The van der Waals surface area contributed by atoms with Crippen molar-refractivity contribution >= 4 is 75.9 Å². The van der Waals surface area contributed by atoms with E-state index in [4.69, 9.17) is 4.98 Å². The lowest BCUT2D eigenvalue weighted by atomic mass is 9.84. The average Bonchev–Trinajstić information content (AvgIpc) is 3.79. The van der Waals surface area contributed by atoms with E-state index < -0.39 is 0 Å².